The molecule has 1 saturated heterocycles. The van der Waals surface area contributed by atoms with Gasteiger partial charge in [-0.15, -0.1) is 0 Å². The molecule has 3 atom stereocenters. The highest BCUT2D eigenvalue weighted by Gasteiger charge is 2.56. The summed E-state index contributed by atoms with van der Waals surface area (Å²) in [6.45, 7) is 8.05. The van der Waals surface area contributed by atoms with Crippen LogP contribution in [0.3, 0.4) is 0 Å². The second-order valence-corrected chi connectivity index (χ2v) is 4.63. The first-order valence-electron chi connectivity index (χ1n) is 4.90. The molecule has 1 aliphatic carbocycles. The zero-order valence-electron chi connectivity index (χ0n) is 8.30. The van der Waals surface area contributed by atoms with E-state index in [1.54, 1.807) is 0 Å². The van der Waals surface area contributed by atoms with Gasteiger partial charge in [0.2, 0.25) is 0 Å². The van der Waals surface area contributed by atoms with Crippen molar-refractivity contribution in [1.29, 1.82) is 0 Å². The van der Waals surface area contributed by atoms with E-state index in [1.165, 1.54) is 5.57 Å². The monoisotopic (exact) mass is 180 g/mol. The lowest BCUT2D eigenvalue weighted by Gasteiger charge is -2.49. The molecule has 1 heterocycles. The molecule has 0 amide bonds. The Labute approximate surface area is 79.0 Å². The summed E-state index contributed by atoms with van der Waals surface area (Å²) in [6.07, 6.45) is 3.21. The fraction of sp³-hybridized carbons (Fsp3) is 0.727. The molecule has 72 valence electrons. The molecule has 1 aliphatic heterocycles. The van der Waals surface area contributed by atoms with E-state index in [2.05, 4.69) is 13.5 Å². The van der Waals surface area contributed by atoms with E-state index in [-0.39, 0.29) is 17.5 Å². The first kappa shape index (κ1) is 8.79. The number of hydrogen-bond acceptors (Lipinski definition) is 2. The Balaban J connectivity index is 2.07. The van der Waals surface area contributed by atoms with Crippen LogP contribution in [0.1, 0.15) is 33.1 Å². The molecule has 0 N–H and O–H groups in total. The van der Waals surface area contributed by atoms with Gasteiger partial charge in [0.05, 0.1) is 0 Å². The lowest BCUT2D eigenvalue weighted by Crippen LogP contribution is -2.57. The maximum absolute atomic E-state index is 11.2. The summed E-state index contributed by atoms with van der Waals surface area (Å²) < 4.78 is 5.15. The van der Waals surface area contributed by atoms with Crippen molar-refractivity contribution < 1.29 is 9.53 Å². The van der Waals surface area contributed by atoms with Crippen LogP contribution >= 0.6 is 0 Å². The number of rotatable bonds is 1. The molecular weight excluding hydrogens is 164 g/mol. The van der Waals surface area contributed by atoms with Crippen LogP contribution in [0.4, 0.5) is 0 Å². The Morgan fingerprint density at radius 1 is 1.69 bits per heavy atom. The standard InChI is InChI=1S/C11H16O2/c1-7(2)8-4-5-11(3)9(6-8)13-10(11)12/h8-9H,1,4-6H2,2-3H3. The van der Waals surface area contributed by atoms with Crippen LogP contribution in [0.2, 0.25) is 0 Å². The van der Waals surface area contributed by atoms with Gasteiger partial charge in [0, 0.05) is 0 Å². The van der Waals surface area contributed by atoms with Crippen LogP contribution in [0.15, 0.2) is 12.2 Å². The van der Waals surface area contributed by atoms with Gasteiger partial charge in [0.25, 0.3) is 0 Å². The minimum absolute atomic E-state index is 0.00216. The predicted octanol–water partition coefficient (Wildman–Crippen LogP) is 2.29. The Bertz CT molecular complexity index is 269. The molecule has 0 aromatic carbocycles. The summed E-state index contributed by atoms with van der Waals surface area (Å²) in [7, 11) is 0. The van der Waals surface area contributed by atoms with E-state index in [1.807, 2.05) is 6.92 Å². The van der Waals surface area contributed by atoms with Crippen LogP contribution in [0, 0.1) is 11.3 Å². The van der Waals surface area contributed by atoms with E-state index in [9.17, 15) is 4.79 Å². The van der Waals surface area contributed by atoms with Crippen LogP contribution in [0.25, 0.3) is 0 Å². The first-order valence-corrected chi connectivity index (χ1v) is 4.90. The Morgan fingerprint density at radius 3 is 2.85 bits per heavy atom. The quantitative estimate of drug-likeness (QED) is 0.457. The fourth-order valence-corrected chi connectivity index (χ4v) is 2.34. The second kappa shape index (κ2) is 2.60. The molecule has 0 aromatic rings. The fourth-order valence-electron chi connectivity index (χ4n) is 2.34. The van der Waals surface area contributed by atoms with Crippen LogP contribution < -0.4 is 0 Å². The summed E-state index contributed by atoms with van der Waals surface area (Å²) in [4.78, 5) is 11.2. The van der Waals surface area contributed by atoms with Crippen LogP contribution in [0.5, 0.6) is 0 Å². The molecule has 0 radical (unpaired) electrons. The lowest BCUT2D eigenvalue weighted by molar-refractivity contribution is -0.213. The van der Waals surface area contributed by atoms with Crippen molar-refractivity contribution in [2.24, 2.45) is 11.3 Å². The summed E-state index contributed by atoms with van der Waals surface area (Å²) in [6, 6.07) is 0. The van der Waals surface area contributed by atoms with Gasteiger partial charge in [-0.05, 0) is 39.0 Å². The first-order chi connectivity index (χ1) is 6.04. The molecule has 0 spiro atoms. The lowest BCUT2D eigenvalue weighted by atomic mass is 9.65. The van der Waals surface area contributed by atoms with Gasteiger partial charge in [-0.25, -0.2) is 0 Å². The zero-order chi connectivity index (χ0) is 9.64. The Hall–Kier alpha value is -0.790. The molecular formula is C11H16O2. The van der Waals surface area contributed by atoms with E-state index in [0.717, 1.165) is 19.3 Å². The van der Waals surface area contributed by atoms with E-state index in [4.69, 9.17) is 4.74 Å². The molecule has 13 heavy (non-hydrogen) atoms. The smallest absolute Gasteiger partial charge is 0.315 e. The van der Waals surface area contributed by atoms with Gasteiger partial charge in [-0.1, -0.05) is 12.2 Å². The maximum atomic E-state index is 11.2. The number of carbonyl (C=O) groups is 1. The molecule has 0 aromatic heterocycles. The minimum atomic E-state index is -0.161. The van der Waals surface area contributed by atoms with Crippen molar-refractivity contribution in [2.45, 2.75) is 39.2 Å². The second-order valence-electron chi connectivity index (χ2n) is 4.63. The summed E-state index contributed by atoms with van der Waals surface area (Å²) in [5.41, 5.74) is 1.07. The third-order valence-electron chi connectivity index (χ3n) is 3.63. The summed E-state index contributed by atoms with van der Waals surface area (Å²) in [5.74, 6) is 0.559. The van der Waals surface area contributed by atoms with Crippen molar-refractivity contribution in [1.82, 2.24) is 0 Å². The van der Waals surface area contributed by atoms with Gasteiger partial charge in [0.15, 0.2) is 0 Å². The zero-order valence-corrected chi connectivity index (χ0v) is 8.30. The van der Waals surface area contributed by atoms with Gasteiger partial charge in [0.1, 0.15) is 11.5 Å². The Morgan fingerprint density at radius 2 is 2.38 bits per heavy atom. The molecule has 0 bridgehead atoms. The van der Waals surface area contributed by atoms with Crippen molar-refractivity contribution in [2.75, 3.05) is 0 Å². The third kappa shape index (κ3) is 1.11. The van der Waals surface area contributed by atoms with E-state index < -0.39 is 0 Å². The van der Waals surface area contributed by atoms with Gasteiger partial charge < -0.3 is 4.74 Å². The van der Waals surface area contributed by atoms with Gasteiger partial charge in [-0.2, -0.15) is 0 Å². The van der Waals surface area contributed by atoms with Crippen molar-refractivity contribution in [3.05, 3.63) is 12.2 Å². The molecule has 1 saturated carbocycles. The number of carbonyl (C=O) groups excluding carboxylic acids is 1. The largest absolute Gasteiger partial charge is 0.461 e. The van der Waals surface area contributed by atoms with Gasteiger partial charge >= 0.3 is 5.97 Å². The number of hydrogen-bond donors (Lipinski definition) is 0. The van der Waals surface area contributed by atoms with Crippen LogP contribution in [-0.4, -0.2) is 12.1 Å². The predicted molar refractivity (Wildman–Crippen MR) is 50.1 cm³/mol. The number of fused-ring (bicyclic) bond motifs is 1. The molecule has 2 rings (SSSR count). The summed E-state index contributed by atoms with van der Waals surface area (Å²) in [5, 5.41) is 0. The highest BCUT2D eigenvalue weighted by atomic mass is 16.6. The molecule has 3 unspecified atom stereocenters. The van der Waals surface area contributed by atoms with Crippen LogP contribution in [-0.2, 0) is 9.53 Å². The third-order valence-corrected chi connectivity index (χ3v) is 3.63. The average molecular weight is 180 g/mol. The highest BCUT2D eigenvalue weighted by Crippen LogP contribution is 2.49. The molecule has 2 fully saturated rings. The number of ether oxygens (including phenoxy) is 1. The van der Waals surface area contributed by atoms with Crippen molar-refractivity contribution >= 4 is 5.97 Å². The van der Waals surface area contributed by atoms with Crippen molar-refractivity contribution in [3.63, 3.8) is 0 Å². The normalized spacial score (nSPS) is 43.1. The van der Waals surface area contributed by atoms with E-state index in [0.29, 0.717) is 5.92 Å². The maximum Gasteiger partial charge on any atom is 0.315 e. The molecule has 2 heteroatoms. The van der Waals surface area contributed by atoms with Gasteiger partial charge in [-0.3, -0.25) is 4.79 Å². The van der Waals surface area contributed by atoms with Crippen molar-refractivity contribution in [3.8, 4) is 0 Å². The Kier molecular flexibility index (Phi) is 1.76. The number of allylic oxidation sites excluding steroid dienone is 1. The summed E-state index contributed by atoms with van der Waals surface area (Å²) >= 11 is 0. The molecule has 2 nitrogen and oxygen atoms in total. The molecule has 2 aliphatic rings. The minimum Gasteiger partial charge on any atom is -0.461 e. The number of esters is 1. The topological polar surface area (TPSA) is 26.3 Å². The van der Waals surface area contributed by atoms with E-state index >= 15 is 0 Å². The SMILES string of the molecule is C=C(C)C1CCC2(C)C(=O)OC2C1. The highest BCUT2D eigenvalue weighted by molar-refractivity contribution is 5.82. The average Bonchev–Trinajstić information content (AvgIpc) is 2.08.